The van der Waals surface area contributed by atoms with Crippen LogP contribution in [-0.2, 0) is 4.79 Å². The minimum atomic E-state index is -0.296. The maximum absolute atomic E-state index is 11.8. The van der Waals surface area contributed by atoms with Crippen molar-refractivity contribution in [2.75, 3.05) is 18.6 Å². The van der Waals surface area contributed by atoms with Crippen molar-refractivity contribution in [3.63, 3.8) is 0 Å². The number of thioether (sulfide) groups is 1. The molecular formula is C10H21ClN2OS. The summed E-state index contributed by atoms with van der Waals surface area (Å²) in [6, 6.07) is 0.117. The lowest BCUT2D eigenvalue weighted by Gasteiger charge is -2.26. The van der Waals surface area contributed by atoms with E-state index < -0.39 is 0 Å². The first-order chi connectivity index (χ1) is 6.66. The standard InChI is InChI=1S/C10H20N2OS.ClH/c1-3-4-9(11)10(13)12(2)8-5-6-14-7-8;/h8-9H,3-7,11H2,1-2H3;1H. The number of halogens is 1. The number of likely N-dealkylation sites (N-methyl/N-ethyl adjacent to an activating group) is 1. The minimum Gasteiger partial charge on any atom is -0.341 e. The Morgan fingerprint density at radius 2 is 2.33 bits per heavy atom. The molecule has 5 heteroatoms. The van der Waals surface area contributed by atoms with Gasteiger partial charge in [-0.1, -0.05) is 13.3 Å². The van der Waals surface area contributed by atoms with Crippen LogP contribution in [0.5, 0.6) is 0 Å². The molecule has 1 aliphatic heterocycles. The van der Waals surface area contributed by atoms with Gasteiger partial charge in [0.1, 0.15) is 0 Å². The topological polar surface area (TPSA) is 46.3 Å². The monoisotopic (exact) mass is 252 g/mol. The molecule has 3 nitrogen and oxygen atoms in total. The molecule has 2 atom stereocenters. The van der Waals surface area contributed by atoms with E-state index in [0.717, 1.165) is 25.0 Å². The normalized spacial score (nSPS) is 21.9. The second kappa shape index (κ2) is 7.36. The van der Waals surface area contributed by atoms with E-state index in [2.05, 4.69) is 6.92 Å². The zero-order valence-electron chi connectivity index (χ0n) is 9.44. The molecular weight excluding hydrogens is 232 g/mol. The Bertz CT molecular complexity index is 198. The van der Waals surface area contributed by atoms with Crippen molar-refractivity contribution < 1.29 is 4.79 Å². The van der Waals surface area contributed by atoms with Crippen molar-refractivity contribution in [1.29, 1.82) is 0 Å². The molecule has 1 saturated heterocycles. The van der Waals surface area contributed by atoms with E-state index in [1.807, 2.05) is 23.7 Å². The summed E-state index contributed by atoms with van der Waals surface area (Å²) in [6.07, 6.45) is 2.88. The highest BCUT2D eigenvalue weighted by molar-refractivity contribution is 7.99. The molecule has 1 rings (SSSR count). The van der Waals surface area contributed by atoms with Gasteiger partial charge in [0.15, 0.2) is 0 Å². The molecule has 0 aromatic heterocycles. The maximum atomic E-state index is 11.8. The summed E-state index contributed by atoms with van der Waals surface area (Å²) in [4.78, 5) is 13.7. The van der Waals surface area contributed by atoms with Crippen LogP contribution in [0.1, 0.15) is 26.2 Å². The number of carbonyl (C=O) groups excluding carboxylic acids is 1. The van der Waals surface area contributed by atoms with Gasteiger partial charge in [-0.2, -0.15) is 11.8 Å². The van der Waals surface area contributed by atoms with Gasteiger partial charge in [-0.3, -0.25) is 4.79 Å². The largest absolute Gasteiger partial charge is 0.341 e. The summed E-state index contributed by atoms with van der Waals surface area (Å²) in [6.45, 7) is 2.05. The third-order valence-electron chi connectivity index (χ3n) is 2.72. The fourth-order valence-corrected chi connectivity index (χ4v) is 2.97. The highest BCUT2D eigenvalue weighted by Gasteiger charge is 2.26. The number of nitrogens with zero attached hydrogens (tertiary/aromatic N) is 1. The van der Waals surface area contributed by atoms with Gasteiger partial charge in [-0.05, 0) is 18.6 Å². The molecule has 0 bridgehead atoms. The molecule has 1 aliphatic rings. The lowest BCUT2D eigenvalue weighted by molar-refractivity contribution is -0.133. The van der Waals surface area contributed by atoms with E-state index >= 15 is 0 Å². The molecule has 1 amide bonds. The van der Waals surface area contributed by atoms with E-state index in [0.29, 0.717) is 6.04 Å². The SMILES string of the molecule is CCCC(N)C(=O)N(C)C1CCSC1.Cl. The fourth-order valence-electron chi connectivity index (χ4n) is 1.70. The summed E-state index contributed by atoms with van der Waals surface area (Å²) in [7, 11) is 1.88. The molecule has 2 N–H and O–H groups in total. The van der Waals surface area contributed by atoms with E-state index in [1.165, 1.54) is 5.75 Å². The van der Waals surface area contributed by atoms with E-state index in [1.54, 1.807) is 0 Å². The van der Waals surface area contributed by atoms with Crippen LogP contribution in [0.2, 0.25) is 0 Å². The third-order valence-corrected chi connectivity index (χ3v) is 3.86. The van der Waals surface area contributed by atoms with Gasteiger partial charge in [0.05, 0.1) is 6.04 Å². The zero-order chi connectivity index (χ0) is 10.6. The molecule has 90 valence electrons. The van der Waals surface area contributed by atoms with Crippen molar-refractivity contribution in [3.05, 3.63) is 0 Å². The highest BCUT2D eigenvalue weighted by Crippen LogP contribution is 2.21. The second-order valence-corrected chi connectivity index (χ2v) is 5.01. The summed E-state index contributed by atoms with van der Waals surface area (Å²) in [5.41, 5.74) is 5.80. The van der Waals surface area contributed by atoms with Gasteiger partial charge in [0.2, 0.25) is 5.91 Å². The fraction of sp³-hybridized carbons (Fsp3) is 0.900. The van der Waals surface area contributed by atoms with Crippen LogP contribution in [0.15, 0.2) is 0 Å². The van der Waals surface area contributed by atoms with Crippen LogP contribution in [-0.4, -0.2) is 41.4 Å². The van der Waals surface area contributed by atoms with Crippen LogP contribution >= 0.6 is 24.2 Å². The average Bonchev–Trinajstić information content (AvgIpc) is 2.68. The van der Waals surface area contributed by atoms with Gasteiger partial charge in [0, 0.05) is 18.8 Å². The molecule has 1 heterocycles. The Balaban J connectivity index is 0.00000196. The summed E-state index contributed by atoms with van der Waals surface area (Å²) in [5, 5.41) is 0. The van der Waals surface area contributed by atoms with Crippen LogP contribution in [0, 0.1) is 0 Å². The molecule has 0 aliphatic carbocycles. The molecule has 1 fully saturated rings. The third kappa shape index (κ3) is 4.21. The Morgan fingerprint density at radius 3 is 2.80 bits per heavy atom. The molecule has 0 aromatic carbocycles. The number of nitrogens with two attached hydrogens (primary N) is 1. The highest BCUT2D eigenvalue weighted by atomic mass is 35.5. The van der Waals surface area contributed by atoms with Gasteiger partial charge in [0.25, 0.3) is 0 Å². The maximum Gasteiger partial charge on any atom is 0.239 e. The van der Waals surface area contributed by atoms with E-state index in [4.69, 9.17) is 5.73 Å². The molecule has 0 radical (unpaired) electrons. The number of carbonyl (C=O) groups is 1. The van der Waals surface area contributed by atoms with Gasteiger partial charge < -0.3 is 10.6 Å². The first-order valence-electron chi connectivity index (χ1n) is 5.26. The molecule has 0 spiro atoms. The number of rotatable bonds is 4. The Morgan fingerprint density at radius 1 is 1.67 bits per heavy atom. The van der Waals surface area contributed by atoms with Crippen molar-refractivity contribution in [3.8, 4) is 0 Å². The Labute approximate surface area is 103 Å². The smallest absolute Gasteiger partial charge is 0.239 e. The number of hydrogen-bond acceptors (Lipinski definition) is 3. The van der Waals surface area contributed by atoms with E-state index in [-0.39, 0.29) is 24.4 Å². The summed E-state index contributed by atoms with van der Waals surface area (Å²) in [5.74, 6) is 2.35. The van der Waals surface area contributed by atoms with Crippen LogP contribution in [0.4, 0.5) is 0 Å². The van der Waals surface area contributed by atoms with Crippen molar-refractivity contribution >= 4 is 30.1 Å². The Kier molecular flexibility index (Phi) is 7.40. The molecule has 15 heavy (non-hydrogen) atoms. The minimum absolute atomic E-state index is 0. The molecule has 0 saturated carbocycles. The zero-order valence-corrected chi connectivity index (χ0v) is 11.1. The van der Waals surface area contributed by atoms with Crippen LogP contribution in [0.3, 0.4) is 0 Å². The second-order valence-electron chi connectivity index (χ2n) is 3.86. The summed E-state index contributed by atoms with van der Waals surface area (Å²) < 4.78 is 0. The molecule has 2 unspecified atom stereocenters. The van der Waals surface area contributed by atoms with Crippen molar-refractivity contribution in [2.45, 2.75) is 38.3 Å². The van der Waals surface area contributed by atoms with Crippen LogP contribution < -0.4 is 5.73 Å². The Hall–Kier alpha value is 0.0700. The van der Waals surface area contributed by atoms with E-state index in [9.17, 15) is 4.79 Å². The average molecular weight is 253 g/mol. The van der Waals surface area contributed by atoms with Gasteiger partial charge in [-0.25, -0.2) is 0 Å². The lowest BCUT2D eigenvalue weighted by Crippen LogP contribution is -2.46. The predicted molar refractivity (Wildman–Crippen MR) is 68.6 cm³/mol. The lowest BCUT2D eigenvalue weighted by atomic mass is 10.1. The van der Waals surface area contributed by atoms with Crippen molar-refractivity contribution in [2.24, 2.45) is 5.73 Å². The number of amides is 1. The van der Waals surface area contributed by atoms with Gasteiger partial charge in [-0.15, -0.1) is 12.4 Å². The predicted octanol–water partition coefficient (Wildman–Crippen LogP) is 1.50. The van der Waals surface area contributed by atoms with Gasteiger partial charge >= 0.3 is 0 Å². The van der Waals surface area contributed by atoms with Crippen LogP contribution in [0.25, 0.3) is 0 Å². The number of hydrogen-bond donors (Lipinski definition) is 1. The first-order valence-corrected chi connectivity index (χ1v) is 6.42. The first kappa shape index (κ1) is 15.1. The van der Waals surface area contributed by atoms with Crippen molar-refractivity contribution in [1.82, 2.24) is 4.90 Å². The quantitative estimate of drug-likeness (QED) is 0.825. The summed E-state index contributed by atoms with van der Waals surface area (Å²) >= 11 is 1.92. The molecule has 0 aromatic rings.